The van der Waals surface area contributed by atoms with Gasteiger partial charge in [-0.2, -0.15) is 0 Å². The number of allylic oxidation sites excluding steroid dienone is 2. The largest absolute Gasteiger partial charge is 0.481 e. The Morgan fingerprint density at radius 2 is 2.50 bits per heavy atom. The minimum absolute atomic E-state index is 0.287. The van der Waals surface area contributed by atoms with Crippen molar-refractivity contribution in [3.8, 4) is 0 Å². The monoisotopic (exact) mass is 165 g/mol. The van der Waals surface area contributed by atoms with Gasteiger partial charge in [0.1, 0.15) is 0 Å². The molecule has 64 valence electrons. The van der Waals surface area contributed by atoms with E-state index in [9.17, 15) is 4.79 Å². The lowest BCUT2D eigenvalue weighted by molar-refractivity contribution is -0.140. The molecule has 1 heterocycles. The molecule has 1 aliphatic carbocycles. The van der Waals surface area contributed by atoms with Gasteiger partial charge in [-0.05, 0) is 18.4 Å². The molecule has 1 atom stereocenters. The van der Waals surface area contributed by atoms with Crippen LogP contribution in [-0.2, 0) is 4.79 Å². The van der Waals surface area contributed by atoms with Crippen LogP contribution in [0.15, 0.2) is 23.4 Å². The molecule has 0 radical (unpaired) electrons. The molecule has 2 aliphatic rings. The Balaban J connectivity index is 2.27. The minimum Gasteiger partial charge on any atom is -0.481 e. The summed E-state index contributed by atoms with van der Waals surface area (Å²) < 4.78 is 0. The summed E-state index contributed by atoms with van der Waals surface area (Å²) in [6, 6.07) is 0. The third-order valence-electron chi connectivity index (χ3n) is 2.42. The van der Waals surface area contributed by atoms with Gasteiger partial charge in [0.2, 0.25) is 0 Å². The van der Waals surface area contributed by atoms with Crippen LogP contribution < -0.4 is 5.32 Å². The topological polar surface area (TPSA) is 49.3 Å². The van der Waals surface area contributed by atoms with Crippen LogP contribution in [0.5, 0.6) is 0 Å². The lowest BCUT2D eigenvalue weighted by Crippen LogP contribution is -2.25. The summed E-state index contributed by atoms with van der Waals surface area (Å²) in [7, 11) is 0. The van der Waals surface area contributed by atoms with Crippen LogP contribution in [0.2, 0.25) is 0 Å². The smallest absolute Gasteiger partial charge is 0.312 e. The highest BCUT2D eigenvalue weighted by molar-refractivity contribution is 5.75. The lowest BCUT2D eigenvalue weighted by atomic mass is 10.1. The Hall–Kier alpha value is -1.25. The summed E-state index contributed by atoms with van der Waals surface area (Å²) in [4.78, 5) is 10.8. The van der Waals surface area contributed by atoms with Crippen molar-refractivity contribution < 1.29 is 9.90 Å². The van der Waals surface area contributed by atoms with Crippen molar-refractivity contribution in [1.29, 1.82) is 0 Å². The first kappa shape index (κ1) is 7.40. The molecule has 0 amide bonds. The van der Waals surface area contributed by atoms with E-state index in [0.717, 1.165) is 25.1 Å². The highest BCUT2D eigenvalue weighted by Crippen LogP contribution is 2.32. The standard InChI is InChI=1S/C9H11NO2/c11-9(12)7-4-3-6-2-1-5-10-8(6)7/h1-2,7,10H,3-5H2,(H,11,12). The van der Waals surface area contributed by atoms with Crippen LogP contribution in [0.3, 0.4) is 0 Å². The second-order valence-corrected chi connectivity index (χ2v) is 3.15. The van der Waals surface area contributed by atoms with E-state index in [-0.39, 0.29) is 5.92 Å². The number of carboxylic acid groups (broad SMARTS) is 1. The van der Waals surface area contributed by atoms with Crippen molar-refractivity contribution in [2.24, 2.45) is 5.92 Å². The molecule has 2 rings (SSSR count). The van der Waals surface area contributed by atoms with E-state index in [2.05, 4.69) is 5.32 Å². The van der Waals surface area contributed by atoms with Gasteiger partial charge in [0, 0.05) is 12.2 Å². The number of carbonyl (C=O) groups is 1. The second-order valence-electron chi connectivity index (χ2n) is 3.15. The van der Waals surface area contributed by atoms with Crippen LogP contribution in [0.4, 0.5) is 0 Å². The molecule has 12 heavy (non-hydrogen) atoms. The third kappa shape index (κ3) is 1.02. The summed E-state index contributed by atoms with van der Waals surface area (Å²) in [5.74, 6) is -0.993. The Morgan fingerprint density at radius 3 is 3.25 bits per heavy atom. The maximum atomic E-state index is 10.8. The Bertz CT molecular complexity index is 278. The molecule has 0 bridgehead atoms. The fourth-order valence-electron chi connectivity index (χ4n) is 1.83. The molecule has 0 aromatic heterocycles. The van der Waals surface area contributed by atoms with Gasteiger partial charge in [-0.1, -0.05) is 12.2 Å². The molecule has 2 N–H and O–H groups in total. The number of carboxylic acids is 1. The van der Waals surface area contributed by atoms with E-state index in [4.69, 9.17) is 5.11 Å². The quantitative estimate of drug-likeness (QED) is 0.606. The van der Waals surface area contributed by atoms with Crippen LogP contribution >= 0.6 is 0 Å². The van der Waals surface area contributed by atoms with Crippen LogP contribution in [0.1, 0.15) is 12.8 Å². The van der Waals surface area contributed by atoms with Gasteiger partial charge in [-0.25, -0.2) is 0 Å². The second kappa shape index (κ2) is 2.66. The van der Waals surface area contributed by atoms with E-state index in [1.54, 1.807) is 0 Å². The first-order chi connectivity index (χ1) is 5.79. The molecule has 3 nitrogen and oxygen atoms in total. The van der Waals surface area contributed by atoms with Crippen molar-refractivity contribution in [1.82, 2.24) is 5.32 Å². The van der Waals surface area contributed by atoms with E-state index < -0.39 is 5.97 Å². The van der Waals surface area contributed by atoms with Crippen molar-refractivity contribution in [3.63, 3.8) is 0 Å². The van der Waals surface area contributed by atoms with Crippen LogP contribution in [0.25, 0.3) is 0 Å². The predicted molar refractivity (Wildman–Crippen MR) is 44.5 cm³/mol. The van der Waals surface area contributed by atoms with E-state index in [0.29, 0.717) is 0 Å². The highest BCUT2D eigenvalue weighted by Gasteiger charge is 2.30. The molecule has 0 saturated heterocycles. The number of dihydropyridines is 1. The van der Waals surface area contributed by atoms with Crippen molar-refractivity contribution in [2.45, 2.75) is 12.8 Å². The summed E-state index contributed by atoms with van der Waals surface area (Å²) >= 11 is 0. The van der Waals surface area contributed by atoms with E-state index >= 15 is 0 Å². The average Bonchev–Trinajstić information content (AvgIpc) is 2.47. The van der Waals surface area contributed by atoms with Gasteiger partial charge in [0.25, 0.3) is 0 Å². The fourth-order valence-corrected chi connectivity index (χ4v) is 1.83. The maximum Gasteiger partial charge on any atom is 0.312 e. The summed E-state index contributed by atoms with van der Waals surface area (Å²) in [5.41, 5.74) is 2.11. The first-order valence-electron chi connectivity index (χ1n) is 4.15. The molecule has 0 aromatic carbocycles. The van der Waals surface area contributed by atoms with Gasteiger partial charge in [-0.15, -0.1) is 0 Å². The number of aliphatic carboxylic acids is 1. The summed E-state index contributed by atoms with van der Waals surface area (Å²) in [6.07, 6.45) is 5.71. The molecular formula is C9H11NO2. The Labute approximate surface area is 70.8 Å². The molecule has 3 heteroatoms. The molecular weight excluding hydrogens is 154 g/mol. The lowest BCUT2D eigenvalue weighted by Gasteiger charge is -2.15. The van der Waals surface area contributed by atoms with Crippen LogP contribution in [-0.4, -0.2) is 17.6 Å². The molecule has 1 unspecified atom stereocenters. The number of rotatable bonds is 1. The average molecular weight is 165 g/mol. The molecule has 0 saturated carbocycles. The number of hydrogen-bond acceptors (Lipinski definition) is 2. The van der Waals surface area contributed by atoms with Crippen LogP contribution in [0, 0.1) is 5.92 Å². The molecule has 0 fully saturated rings. The number of hydrogen-bond donors (Lipinski definition) is 2. The third-order valence-corrected chi connectivity index (χ3v) is 2.42. The van der Waals surface area contributed by atoms with Gasteiger partial charge >= 0.3 is 5.97 Å². The summed E-state index contributed by atoms with van der Waals surface area (Å²) in [6.45, 7) is 0.766. The van der Waals surface area contributed by atoms with Gasteiger partial charge in [0.05, 0.1) is 5.92 Å². The van der Waals surface area contributed by atoms with Gasteiger partial charge in [-0.3, -0.25) is 4.79 Å². The Kier molecular flexibility index (Phi) is 1.64. The summed E-state index contributed by atoms with van der Waals surface area (Å²) in [5, 5.41) is 12.0. The number of nitrogens with one attached hydrogen (secondary N) is 1. The fraction of sp³-hybridized carbons (Fsp3) is 0.444. The van der Waals surface area contributed by atoms with E-state index in [1.807, 2.05) is 12.2 Å². The molecule has 0 spiro atoms. The normalized spacial score (nSPS) is 26.8. The SMILES string of the molecule is O=C(O)C1CCC2=C1NCC=C2. The minimum atomic E-state index is -0.706. The van der Waals surface area contributed by atoms with Crippen molar-refractivity contribution in [2.75, 3.05) is 6.54 Å². The van der Waals surface area contributed by atoms with Crippen molar-refractivity contribution in [3.05, 3.63) is 23.4 Å². The van der Waals surface area contributed by atoms with Gasteiger partial charge < -0.3 is 10.4 Å². The molecule has 0 aromatic rings. The zero-order chi connectivity index (χ0) is 8.55. The zero-order valence-electron chi connectivity index (χ0n) is 6.71. The van der Waals surface area contributed by atoms with Gasteiger partial charge in [0.15, 0.2) is 0 Å². The van der Waals surface area contributed by atoms with E-state index in [1.165, 1.54) is 5.57 Å². The maximum absolute atomic E-state index is 10.8. The zero-order valence-corrected chi connectivity index (χ0v) is 6.71. The predicted octanol–water partition coefficient (Wildman–Crippen LogP) is 0.895. The Morgan fingerprint density at radius 1 is 1.67 bits per heavy atom. The van der Waals surface area contributed by atoms with Crippen molar-refractivity contribution >= 4 is 5.97 Å². The highest BCUT2D eigenvalue weighted by atomic mass is 16.4. The first-order valence-corrected chi connectivity index (χ1v) is 4.15. The molecule has 1 aliphatic heterocycles.